The van der Waals surface area contributed by atoms with Gasteiger partial charge >= 0.3 is 12.7 Å². The number of rotatable bonds is 2. The molecule has 0 atom stereocenters. The largest absolute Gasteiger partial charge is 0.435 e. The first kappa shape index (κ1) is 14.3. The van der Waals surface area contributed by atoms with Crippen molar-refractivity contribution in [1.82, 2.24) is 9.78 Å². The number of alkyl halides is 5. The number of nitrogens with zero attached hydrogens (tertiary/aromatic N) is 2. The van der Waals surface area contributed by atoms with Crippen LogP contribution in [0.3, 0.4) is 0 Å². The van der Waals surface area contributed by atoms with Crippen LogP contribution in [0.4, 0.5) is 27.6 Å². The molecule has 0 aliphatic carbocycles. The second kappa shape index (κ2) is 4.77. The van der Waals surface area contributed by atoms with E-state index in [2.05, 4.69) is 5.10 Å². The summed E-state index contributed by atoms with van der Waals surface area (Å²) in [4.78, 5) is 0. The van der Waals surface area contributed by atoms with Crippen LogP contribution in [0.1, 0.15) is 17.8 Å². The smallest absolute Gasteiger partial charge is 0.399 e. The summed E-state index contributed by atoms with van der Waals surface area (Å²) < 4.78 is 63.3. The molecule has 3 nitrogen and oxygen atoms in total. The Morgan fingerprint density at radius 1 is 1.20 bits per heavy atom. The van der Waals surface area contributed by atoms with Crippen LogP contribution in [0.5, 0.6) is 0 Å². The van der Waals surface area contributed by atoms with Gasteiger partial charge in [-0.1, -0.05) is 6.07 Å². The van der Waals surface area contributed by atoms with Gasteiger partial charge in [0.1, 0.15) is 0 Å². The summed E-state index contributed by atoms with van der Waals surface area (Å²) in [6.07, 6.45) is -4.78. The normalized spacial score (nSPS) is 12.2. The van der Waals surface area contributed by atoms with E-state index in [1.165, 1.54) is 18.2 Å². The first-order valence-electron chi connectivity index (χ1n) is 5.51. The second-order valence-corrected chi connectivity index (χ2v) is 4.21. The molecule has 2 aromatic rings. The van der Waals surface area contributed by atoms with Crippen molar-refractivity contribution in [2.24, 2.45) is 0 Å². The summed E-state index contributed by atoms with van der Waals surface area (Å²) in [5.74, 6) is 0. The number of aromatic nitrogens is 2. The van der Waals surface area contributed by atoms with Gasteiger partial charge in [-0.15, -0.1) is 0 Å². The molecule has 0 saturated heterocycles. The molecule has 0 radical (unpaired) electrons. The SMILES string of the molecule is Cc1cc(-c2cc(C(F)(F)F)nn2C(F)F)ccc1N. The van der Waals surface area contributed by atoms with Crippen molar-refractivity contribution < 1.29 is 22.0 Å². The first-order chi connectivity index (χ1) is 9.20. The van der Waals surface area contributed by atoms with Crippen LogP contribution in [0.2, 0.25) is 0 Å². The molecule has 0 fully saturated rings. The van der Waals surface area contributed by atoms with Gasteiger partial charge in [0.05, 0.1) is 5.69 Å². The van der Waals surface area contributed by atoms with E-state index < -0.39 is 18.4 Å². The van der Waals surface area contributed by atoms with E-state index in [1.807, 2.05) is 0 Å². The van der Waals surface area contributed by atoms with Crippen molar-refractivity contribution in [2.75, 3.05) is 5.73 Å². The Kier molecular flexibility index (Phi) is 3.41. The van der Waals surface area contributed by atoms with Gasteiger partial charge in [0.2, 0.25) is 0 Å². The summed E-state index contributed by atoms with van der Waals surface area (Å²) in [6.45, 7) is -1.54. The molecule has 0 unspecified atom stereocenters. The molecule has 20 heavy (non-hydrogen) atoms. The highest BCUT2D eigenvalue weighted by Gasteiger charge is 2.36. The van der Waals surface area contributed by atoms with Crippen LogP contribution in [-0.4, -0.2) is 9.78 Å². The molecule has 1 heterocycles. The fourth-order valence-electron chi connectivity index (χ4n) is 1.73. The molecule has 0 amide bonds. The third-order valence-corrected chi connectivity index (χ3v) is 2.78. The topological polar surface area (TPSA) is 43.8 Å². The minimum Gasteiger partial charge on any atom is -0.399 e. The molecule has 0 bridgehead atoms. The summed E-state index contributed by atoms with van der Waals surface area (Å²) in [7, 11) is 0. The summed E-state index contributed by atoms with van der Waals surface area (Å²) in [6, 6.07) is 4.85. The van der Waals surface area contributed by atoms with E-state index in [4.69, 9.17) is 5.73 Å². The molecule has 2 rings (SSSR count). The highest BCUT2D eigenvalue weighted by molar-refractivity contribution is 5.65. The molecule has 2 N–H and O–H groups in total. The van der Waals surface area contributed by atoms with Crippen molar-refractivity contribution in [3.05, 3.63) is 35.5 Å². The lowest BCUT2D eigenvalue weighted by Gasteiger charge is -2.07. The first-order valence-corrected chi connectivity index (χ1v) is 5.51. The van der Waals surface area contributed by atoms with E-state index in [1.54, 1.807) is 6.92 Å². The van der Waals surface area contributed by atoms with Crippen molar-refractivity contribution >= 4 is 5.69 Å². The second-order valence-electron chi connectivity index (χ2n) is 4.21. The van der Waals surface area contributed by atoms with E-state index in [-0.39, 0.29) is 15.9 Å². The van der Waals surface area contributed by atoms with Gasteiger partial charge in [-0.2, -0.15) is 27.1 Å². The molecule has 0 aliphatic rings. The lowest BCUT2D eigenvalue weighted by molar-refractivity contribution is -0.142. The lowest BCUT2D eigenvalue weighted by atomic mass is 10.1. The number of nitrogens with two attached hydrogens (primary N) is 1. The Morgan fingerprint density at radius 3 is 2.35 bits per heavy atom. The van der Waals surface area contributed by atoms with Gasteiger partial charge in [-0.25, -0.2) is 4.68 Å². The van der Waals surface area contributed by atoms with Crippen molar-refractivity contribution in [3.63, 3.8) is 0 Å². The molecule has 0 spiro atoms. The molecular weight excluding hydrogens is 281 g/mol. The Bertz CT molecular complexity index is 631. The maximum Gasteiger partial charge on any atom is 0.435 e. The molecule has 0 saturated carbocycles. The Labute approximate surface area is 110 Å². The third kappa shape index (κ3) is 2.59. The van der Waals surface area contributed by atoms with Crippen LogP contribution in [0, 0.1) is 6.92 Å². The predicted octanol–water partition coefficient (Wildman–Crippen LogP) is 3.85. The van der Waals surface area contributed by atoms with Crippen LogP contribution in [0.15, 0.2) is 24.3 Å². The number of aryl methyl sites for hydroxylation is 1. The Hall–Kier alpha value is -2.12. The third-order valence-electron chi connectivity index (χ3n) is 2.78. The molecule has 0 aliphatic heterocycles. The minimum atomic E-state index is -4.78. The maximum atomic E-state index is 12.8. The fraction of sp³-hybridized carbons (Fsp3) is 0.250. The standard InChI is InChI=1S/C12H10F5N3/c1-6-4-7(2-3-8(6)18)9-5-10(12(15,16)17)19-20(9)11(13)14/h2-5,11H,18H2,1H3. The summed E-state index contributed by atoms with van der Waals surface area (Å²) in [5.41, 5.74) is 5.12. The lowest BCUT2D eigenvalue weighted by Crippen LogP contribution is -2.08. The number of halogens is 5. The number of benzene rings is 1. The molecule has 108 valence electrons. The van der Waals surface area contributed by atoms with Gasteiger partial charge in [-0.05, 0) is 30.7 Å². The van der Waals surface area contributed by atoms with Crippen molar-refractivity contribution in [2.45, 2.75) is 19.6 Å². The van der Waals surface area contributed by atoms with E-state index in [9.17, 15) is 22.0 Å². The van der Waals surface area contributed by atoms with E-state index >= 15 is 0 Å². The van der Waals surface area contributed by atoms with Crippen molar-refractivity contribution in [3.8, 4) is 11.3 Å². The highest BCUT2D eigenvalue weighted by atomic mass is 19.4. The quantitative estimate of drug-likeness (QED) is 0.674. The predicted molar refractivity (Wildman–Crippen MR) is 63.1 cm³/mol. The van der Waals surface area contributed by atoms with Crippen molar-refractivity contribution in [1.29, 1.82) is 0 Å². The Balaban J connectivity index is 2.60. The van der Waals surface area contributed by atoms with Crippen LogP contribution < -0.4 is 5.73 Å². The number of nitrogen functional groups attached to an aromatic ring is 1. The monoisotopic (exact) mass is 291 g/mol. The zero-order valence-electron chi connectivity index (χ0n) is 10.2. The van der Waals surface area contributed by atoms with Gasteiger partial charge in [0.25, 0.3) is 0 Å². The van der Waals surface area contributed by atoms with Gasteiger partial charge in [0, 0.05) is 11.3 Å². The summed E-state index contributed by atoms with van der Waals surface area (Å²) >= 11 is 0. The van der Waals surface area contributed by atoms with E-state index in [0.29, 0.717) is 17.3 Å². The van der Waals surface area contributed by atoms with Crippen LogP contribution >= 0.6 is 0 Å². The fourth-order valence-corrected chi connectivity index (χ4v) is 1.73. The molecule has 1 aromatic heterocycles. The average Bonchev–Trinajstić information content (AvgIpc) is 2.77. The molecule has 8 heteroatoms. The minimum absolute atomic E-state index is 0.0494. The Morgan fingerprint density at radius 2 is 1.85 bits per heavy atom. The highest BCUT2D eigenvalue weighted by Crippen LogP contribution is 2.34. The maximum absolute atomic E-state index is 12.8. The van der Waals surface area contributed by atoms with Gasteiger partial charge in [-0.3, -0.25) is 0 Å². The zero-order valence-corrected chi connectivity index (χ0v) is 10.2. The number of hydrogen-bond donors (Lipinski definition) is 1. The average molecular weight is 291 g/mol. The van der Waals surface area contributed by atoms with Gasteiger partial charge in [0.15, 0.2) is 5.69 Å². The van der Waals surface area contributed by atoms with Crippen LogP contribution in [0.25, 0.3) is 11.3 Å². The molecular formula is C12H10F5N3. The van der Waals surface area contributed by atoms with Gasteiger partial charge < -0.3 is 5.73 Å². The van der Waals surface area contributed by atoms with Crippen LogP contribution in [-0.2, 0) is 6.18 Å². The zero-order chi connectivity index (χ0) is 15.1. The van der Waals surface area contributed by atoms with E-state index in [0.717, 1.165) is 0 Å². The number of hydrogen-bond acceptors (Lipinski definition) is 2. The molecule has 1 aromatic carbocycles. The summed E-state index contributed by atoms with van der Waals surface area (Å²) in [5, 5.41) is 2.92. The number of anilines is 1.